The van der Waals surface area contributed by atoms with Crippen LogP contribution in [0, 0.1) is 6.92 Å². The van der Waals surface area contributed by atoms with Crippen LogP contribution in [0.4, 0.5) is 5.69 Å². The van der Waals surface area contributed by atoms with Crippen LogP contribution in [0.5, 0.6) is 0 Å². The van der Waals surface area contributed by atoms with Gasteiger partial charge in [0.05, 0.1) is 5.54 Å². The Morgan fingerprint density at radius 1 is 0.941 bits per heavy atom. The number of nitrogen functional groups attached to an aromatic ring is 1. The van der Waals surface area contributed by atoms with Crippen LogP contribution in [-0.4, -0.2) is 0 Å². The van der Waals surface area contributed by atoms with Gasteiger partial charge in [0, 0.05) is 5.69 Å². The largest absolute Gasteiger partial charge is 0.399 e. The normalized spacial score (nSPS) is 14.2. The molecule has 0 heterocycles. The molecule has 0 spiro atoms. The van der Waals surface area contributed by atoms with Gasteiger partial charge >= 0.3 is 0 Å². The van der Waals surface area contributed by atoms with Gasteiger partial charge < -0.3 is 11.5 Å². The van der Waals surface area contributed by atoms with Gasteiger partial charge in [-0.05, 0) is 29.7 Å². The van der Waals surface area contributed by atoms with E-state index in [2.05, 4.69) is 6.92 Å². The zero-order valence-electron chi connectivity index (χ0n) is 9.77. The standard InChI is InChI=1S/C15H17N2/c1-2-15(17,12-7-4-3-5-8-12)13-9-6-10-14(16)11-13/h3-11H,1-2,16-17H2. The van der Waals surface area contributed by atoms with Crippen LogP contribution in [0.1, 0.15) is 17.5 Å². The topological polar surface area (TPSA) is 52.0 Å². The highest BCUT2D eigenvalue weighted by molar-refractivity contribution is 5.47. The third kappa shape index (κ3) is 2.17. The molecule has 2 nitrogen and oxygen atoms in total. The average molecular weight is 225 g/mol. The molecule has 1 radical (unpaired) electrons. The SMILES string of the molecule is [CH2]CC(N)(c1ccccc1)c1cccc(N)c1. The minimum Gasteiger partial charge on any atom is -0.399 e. The first-order chi connectivity index (χ1) is 8.16. The van der Waals surface area contributed by atoms with E-state index < -0.39 is 5.54 Å². The third-order valence-electron chi connectivity index (χ3n) is 3.09. The van der Waals surface area contributed by atoms with Gasteiger partial charge in [0.2, 0.25) is 0 Å². The van der Waals surface area contributed by atoms with Crippen molar-refractivity contribution < 1.29 is 0 Å². The van der Waals surface area contributed by atoms with E-state index in [1.165, 1.54) is 0 Å². The Morgan fingerprint density at radius 3 is 2.18 bits per heavy atom. The second kappa shape index (κ2) is 4.60. The van der Waals surface area contributed by atoms with Crippen molar-refractivity contribution >= 4 is 5.69 Å². The van der Waals surface area contributed by atoms with Crippen molar-refractivity contribution in [2.24, 2.45) is 5.73 Å². The van der Waals surface area contributed by atoms with Gasteiger partial charge in [-0.25, -0.2) is 0 Å². The molecule has 2 heteroatoms. The molecule has 0 bridgehead atoms. The van der Waals surface area contributed by atoms with Gasteiger partial charge in [-0.2, -0.15) is 0 Å². The first-order valence-electron chi connectivity index (χ1n) is 5.66. The molecule has 0 aliphatic carbocycles. The highest BCUT2D eigenvalue weighted by atomic mass is 14.7. The van der Waals surface area contributed by atoms with Crippen molar-refractivity contribution in [3.63, 3.8) is 0 Å². The van der Waals surface area contributed by atoms with E-state index in [0.717, 1.165) is 16.8 Å². The summed E-state index contributed by atoms with van der Waals surface area (Å²) in [7, 11) is 0. The lowest BCUT2D eigenvalue weighted by molar-refractivity contribution is 0.545. The molecule has 2 rings (SSSR count). The summed E-state index contributed by atoms with van der Waals surface area (Å²) in [5.41, 5.74) is 14.5. The fourth-order valence-corrected chi connectivity index (χ4v) is 2.01. The van der Waals surface area contributed by atoms with Crippen LogP contribution >= 0.6 is 0 Å². The number of hydrogen-bond acceptors (Lipinski definition) is 2. The highest BCUT2D eigenvalue weighted by Crippen LogP contribution is 2.30. The molecular weight excluding hydrogens is 208 g/mol. The summed E-state index contributed by atoms with van der Waals surface area (Å²) in [6.45, 7) is 3.97. The Morgan fingerprint density at radius 2 is 1.59 bits per heavy atom. The first-order valence-corrected chi connectivity index (χ1v) is 5.66. The summed E-state index contributed by atoms with van der Waals surface area (Å²) in [6, 6.07) is 17.7. The number of benzene rings is 2. The predicted octanol–water partition coefficient (Wildman–Crippen LogP) is 2.70. The first kappa shape index (κ1) is 11.7. The Bertz CT molecular complexity index is 493. The molecule has 0 aliphatic heterocycles. The summed E-state index contributed by atoms with van der Waals surface area (Å²) < 4.78 is 0. The second-order valence-electron chi connectivity index (χ2n) is 4.21. The van der Waals surface area contributed by atoms with E-state index in [1.807, 2.05) is 54.6 Å². The third-order valence-corrected chi connectivity index (χ3v) is 3.09. The minimum absolute atomic E-state index is 0.573. The number of hydrogen-bond donors (Lipinski definition) is 2. The van der Waals surface area contributed by atoms with Gasteiger partial charge in [-0.3, -0.25) is 0 Å². The minimum atomic E-state index is -0.573. The molecule has 17 heavy (non-hydrogen) atoms. The monoisotopic (exact) mass is 225 g/mol. The molecule has 2 aromatic carbocycles. The zero-order valence-corrected chi connectivity index (χ0v) is 9.77. The Hall–Kier alpha value is -1.80. The number of rotatable bonds is 3. The second-order valence-corrected chi connectivity index (χ2v) is 4.21. The Balaban J connectivity index is 2.52. The smallest absolute Gasteiger partial charge is 0.0666 e. The summed E-state index contributed by atoms with van der Waals surface area (Å²) in [5, 5.41) is 0. The lowest BCUT2D eigenvalue weighted by Crippen LogP contribution is -2.37. The van der Waals surface area contributed by atoms with Gasteiger partial charge in [-0.1, -0.05) is 49.4 Å². The van der Waals surface area contributed by atoms with Crippen LogP contribution in [-0.2, 0) is 5.54 Å². The van der Waals surface area contributed by atoms with E-state index >= 15 is 0 Å². The lowest BCUT2D eigenvalue weighted by atomic mass is 9.81. The van der Waals surface area contributed by atoms with E-state index in [4.69, 9.17) is 11.5 Å². The van der Waals surface area contributed by atoms with Gasteiger partial charge in [0.15, 0.2) is 0 Å². The van der Waals surface area contributed by atoms with Crippen molar-refractivity contribution in [3.05, 3.63) is 72.6 Å². The number of nitrogens with two attached hydrogens (primary N) is 2. The molecular formula is C15H17N2. The average Bonchev–Trinajstić information content (AvgIpc) is 2.39. The van der Waals surface area contributed by atoms with Crippen molar-refractivity contribution in [1.29, 1.82) is 0 Å². The molecule has 0 aliphatic rings. The quantitative estimate of drug-likeness (QED) is 0.789. The fourth-order valence-electron chi connectivity index (χ4n) is 2.01. The van der Waals surface area contributed by atoms with Crippen LogP contribution < -0.4 is 11.5 Å². The van der Waals surface area contributed by atoms with Crippen molar-refractivity contribution in [3.8, 4) is 0 Å². The Labute approximate surface area is 102 Å². The van der Waals surface area contributed by atoms with Crippen LogP contribution in [0.3, 0.4) is 0 Å². The van der Waals surface area contributed by atoms with Gasteiger partial charge in [0.1, 0.15) is 0 Å². The van der Waals surface area contributed by atoms with E-state index in [0.29, 0.717) is 6.42 Å². The fraction of sp³-hybridized carbons (Fsp3) is 0.133. The molecule has 4 N–H and O–H groups in total. The van der Waals surface area contributed by atoms with Crippen LogP contribution in [0.2, 0.25) is 0 Å². The molecule has 87 valence electrons. The van der Waals surface area contributed by atoms with Crippen molar-refractivity contribution in [1.82, 2.24) is 0 Å². The molecule has 0 saturated heterocycles. The molecule has 2 aromatic rings. The van der Waals surface area contributed by atoms with E-state index in [-0.39, 0.29) is 0 Å². The maximum absolute atomic E-state index is 6.49. The van der Waals surface area contributed by atoms with E-state index in [1.54, 1.807) is 0 Å². The van der Waals surface area contributed by atoms with Crippen LogP contribution in [0.15, 0.2) is 54.6 Å². The van der Waals surface area contributed by atoms with Gasteiger partial charge in [0.25, 0.3) is 0 Å². The summed E-state index contributed by atoms with van der Waals surface area (Å²) >= 11 is 0. The molecule has 0 amide bonds. The zero-order chi connectivity index (χ0) is 12.3. The molecule has 0 fully saturated rings. The Kier molecular flexibility index (Phi) is 3.16. The molecule has 0 aromatic heterocycles. The number of anilines is 1. The summed E-state index contributed by atoms with van der Waals surface area (Å²) in [4.78, 5) is 0. The molecule has 1 unspecified atom stereocenters. The van der Waals surface area contributed by atoms with Crippen molar-refractivity contribution in [2.45, 2.75) is 12.0 Å². The predicted molar refractivity (Wildman–Crippen MR) is 72.2 cm³/mol. The van der Waals surface area contributed by atoms with E-state index in [9.17, 15) is 0 Å². The summed E-state index contributed by atoms with van der Waals surface area (Å²) in [5.74, 6) is 0. The molecule has 1 atom stereocenters. The highest BCUT2D eigenvalue weighted by Gasteiger charge is 2.27. The van der Waals surface area contributed by atoms with Crippen LogP contribution in [0.25, 0.3) is 0 Å². The van der Waals surface area contributed by atoms with Crippen molar-refractivity contribution in [2.75, 3.05) is 5.73 Å². The molecule has 0 saturated carbocycles. The van der Waals surface area contributed by atoms with Gasteiger partial charge in [-0.15, -0.1) is 0 Å². The lowest BCUT2D eigenvalue weighted by Gasteiger charge is -2.29. The maximum Gasteiger partial charge on any atom is 0.0666 e. The maximum atomic E-state index is 6.49. The summed E-state index contributed by atoms with van der Waals surface area (Å²) in [6.07, 6.45) is 0.584.